The maximum Gasteiger partial charge on any atom is 0.259 e. The van der Waals surface area contributed by atoms with E-state index in [4.69, 9.17) is 17.3 Å². The van der Waals surface area contributed by atoms with Crippen molar-refractivity contribution >= 4 is 28.2 Å². The molecule has 0 radical (unpaired) electrons. The molecule has 2 aromatic carbocycles. The second-order valence-electron chi connectivity index (χ2n) is 7.90. The molecule has 0 amide bonds. The Morgan fingerprint density at radius 3 is 2.30 bits per heavy atom. The van der Waals surface area contributed by atoms with E-state index in [2.05, 4.69) is 25.9 Å². The van der Waals surface area contributed by atoms with Crippen molar-refractivity contribution in [2.24, 2.45) is 5.73 Å². The van der Waals surface area contributed by atoms with Crippen molar-refractivity contribution in [1.29, 1.82) is 0 Å². The van der Waals surface area contributed by atoms with E-state index in [0.29, 0.717) is 28.6 Å². The van der Waals surface area contributed by atoms with Crippen LogP contribution in [-0.4, -0.2) is 49.2 Å². The number of anilines is 1. The standard InChI is InChI=1S/C24H32ClFN6O/c25-18-7-5-17(6-8-18)23-31-21-16-22(20(26)15-19(21)24(33)32-23)30-14-4-13-29-11-2-1-10-28-12-3-9-27/h5-8,15-16,28-30H,1-4,9-14,27H2,(H,31,32,33). The Bertz CT molecular complexity index is 1070. The molecule has 9 heteroatoms. The summed E-state index contributed by atoms with van der Waals surface area (Å²) in [6, 6.07) is 9.83. The van der Waals surface area contributed by atoms with E-state index < -0.39 is 5.82 Å². The maximum atomic E-state index is 14.5. The minimum atomic E-state index is -0.468. The van der Waals surface area contributed by atoms with Gasteiger partial charge in [-0.1, -0.05) is 11.6 Å². The summed E-state index contributed by atoms with van der Waals surface area (Å²) in [5.41, 5.74) is 6.59. The van der Waals surface area contributed by atoms with Crippen LogP contribution in [0.2, 0.25) is 5.02 Å². The van der Waals surface area contributed by atoms with Crippen molar-refractivity contribution in [1.82, 2.24) is 20.6 Å². The largest absolute Gasteiger partial charge is 0.383 e. The Labute approximate surface area is 198 Å². The van der Waals surface area contributed by atoms with Crippen molar-refractivity contribution in [3.63, 3.8) is 0 Å². The van der Waals surface area contributed by atoms with Crippen LogP contribution in [0.25, 0.3) is 22.3 Å². The van der Waals surface area contributed by atoms with Gasteiger partial charge in [-0.15, -0.1) is 0 Å². The van der Waals surface area contributed by atoms with Crippen molar-refractivity contribution < 1.29 is 4.39 Å². The normalized spacial score (nSPS) is 11.2. The van der Waals surface area contributed by atoms with Crippen LogP contribution in [-0.2, 0) is 0 Å². The van der Waals surface area contributed by atoms with Gasteiger partial charge in [0.05, 0.1) is 16.6 Å². The molecule has 0 saturated heterocycles. The number of benzene rings is 2. The fraction of sp³-hybridized carbons (Fsp3) is 0.417. The second-order valence-corrected chi connectivity index (χ2v) is 8.34. The van der Waals surface area contributed by atoms with Gasteiger partial charge in [0.15, 0.2) is 0 Å². The van der Waals surface area contributed by atoms with E-state index >= 15 is 0 Å². The number of H-pyrrole nitrogens is 1. The van der Waals surface area contributed by atoms with E-state index in [1.54, 1.807) is 30.3 Å². The first-order valence-corrected chi connectivity index (χ1v) is 11.8. The smallest absolute Gasteiger partial charge is 0.259 e. The second kappa shape index (κ2) is 13.3. The summed E-state index contributed by atoms with van der Waals surface area (Å²) >= 11 is 5.93. The van der Waals surface area contributed by atoms with Gasteiger partial charge in [-0.25, -0.2) is 9.37 Å². The summed E-state index contributed by atoms with van der Waals surface area (Å²) in [6.45, 7) is 5.15. The highest BCUT2D eigenvalue weighted by atomic mass is 35.5. The van der Waals surface area contributed by atoms with Crippen molar-refractivity contribution in [2.75, 3.05) is 44.6 Å². The summed E-state index contributed by atoms with van der Waals surface area (Å²) in [5.74, 6) is -0.0513. The molecule has 7 nitrogen and oxygen atoms in total. The highest BCUT2D eigenvalue weighted by Crippen LogP contribution is 2.23. The van der Waals surface area contributed by atoms with Crippen molar-refractivity contribution in [3.05, 3.63) is 57.6 Å². The first-order valence-electron chi connectivity index (χ1n) is 11.4. The van der Waals surface area contributed by atoms with Gasteiger partial charge in [0.25, 0.3) is 5.56 Å². The lowest BCUT2D eigenvalue weighted by Crippen LogP contribution is -2.22. The minimum Gasteiger partial charge on any atom is -0.383 e. The van der Waals surface area contributed by atoms with E-state index in [1.807, 2.05) is 0 Å². The Hall–Kier alpha value is -2.52. The summed E-state index contributed by atoms with van der Waals surface area (Å²) < 4.78 is 14.5. The molecule has 0 bridgehead atoms. The number of hydrogen-bond donors (Lipinski definition) is 5. The van der Waals surface area contributed by atoms with Crippen LogP contribution >= 0.6 is 11.6 Å². The third-order valence-electron chi connectivity index (χ3n) is 5.27. The van der Waals surface area contributed by atoms with E-state index in [9.17, 15) is 9.18 Å². The molecule has 0 atom stereocenters. The van der Waals surface area contributed by atoms with Gasteiger partial charge >= 0.3 is 0 Å². The number of fused-ring (bicyclic) bond motifs is 1. The van der Waals surface area contributed by atoms with Crippen LogP contribution in [0.3, 0.4) is 0 Å². The number of nitrogens with zero attached hydrogens (tertiary/aromatic N) is 1. The predicted molar refractivity (Wildman–Crippen MR) is 135 cm³/mol. The van der Waals surface area contributed by atoms with Gasteiger partial charge in [0.1, 0.15) is 11.6 Å². The molecule has 33 heavy (non-hydrogen) atoms. The molecule has 3 rings (SSSR count). The first kappa shape index (κ1) is 25.1. The highest BCUT2D eigenvalue weighted by Gasteiger charge is 2.11. The number of rotatable bonds is 14. The van der Waals surface area contributed by atoms with Crippen LogP contribution in [0.1, 0.15) is 25.7 Å². The van der Waals surface area contributed by atoms with Crippen molar-refractivity contribution in [2.45, 2.75) is 25.7 Å². The SMILES string of the molecule is NCCCNCCCCNCCCNc1cc2nc(-c3ccc(Cl)cc3)[nH]c(=O)c2cc1F. The Balaban J connectivity index is 1.48. The number of aromatic nitrogens is 2. The van der Waals surface area contributed by atoms with Gasteiger partial charge in [-0.2, -0.15) is 0 Å². The highest BCUT2D eigenvalue weighted by molar-refractivity contribution is 6.30. The molecule has 0 aliphatic rings. The fourth-order valence-corrected chi connectivity index (χ4v) is 3.58. The van der Waals surface area contributed by atoms with Gasteiger partial charge in [0, 0.05) is 17.1 Å². The zero-order chi connectivity index (χ0) is 23.5. The monoisotopic (exact) mass is 474 g/mol. The number of nitrogens with one attached hydrogen (secondary N) is 4. The number of halogens is 2. The molecular weight excluding hydrogens is 443 g/mol. The lowest BCUT2D eigenvalue weighted by atomic mass is 10.1. The quantitative estimate of drug-likeness (QED) is 0.229. The molecule has 0 unspecified atom stereocenters. The molecule has 1 heterocycles. The third kappa shape index (κ3) is 7.78. The lowest BCUT2D eigenvalue weighted by molar-refractivity contribution is 0.571. The first-order chi connectivity index (χ1) is 16.1. The van der Waals surface area contributed by atoms with E-state index in [1.165, 1.54) is 6.07 Å². The van der Waals surface area contributed by atoms with Gasteiger partial charge < -0.3 is 26.7 Å². The molecule has 0 saturated carbocycles. The van der Waals surface area contributed by atoms with Crippen LogP contribution < -0.4 is 27.2 Å². The third-order valence-corrected chi connectivity index (χ3v) is 5.52. The Kier molecular flexibility index (Phi) is 10.1. The molecule has 0 aliphatic carbocycles. The molecule has 178 valence electrons. The van der Waals surface area contributed by atoms with E-state index in [0.717, 1.165) is 64.0 Å². The summed E-state index contributed by atoms with van der Waals surface area (Å²) in [4.78, 5) is 19.7. The molecular formula is C24H32ClFN6O. The van der Waals surface area contributed by atoms with Gasteiger partial charge in [-0.3, -0.25) is 4.79 Å². The molecule has 0 aliphatic heterocycles. The molecule has 3 aromatic rings. The Morgan fingerprint density at radius 1 is 0.939 bits per heavy atom. The van der Waals surface area contributed by atoms with E-state index in [-0.39, 0.29) is 10.9 Å². The summed E-state index contributed by atoms with van der Waals surface area (Å²) in [5, 5.41) is 10.7. The van der Waals surface area contributed by atoms with Crippen LogP contribution in [0, 0.1) is 5.82 Å². The number of unbranched alkanes of at least 4 members (excludes halogenated alkanes) is 1. The summed E-state index contributed by atoms with van der Waals surface area (Å²) in [6.07, 6.45) is 4.10. The lowest BCUT2D eigenvalue weighted by Gasteiger charge is -2.10. The van der Waals surface area contributed by atoms with Crippen LogP contribution in [0.5, 0.6) is 0 Å². The zero-order valence-electron chi connectivity index (χ0n) is 18.7. The molecule has 0 fully saturated rings. The zero-order valence-corrected chi connectivity index (χ0v) is 19.5. The fourth-order valence-electron chi connectivity index (χ4n) is 3.45. The predicted octanol–water partition coefficient (Wildman–Crippen LogP) is 3.49. The molecule has 6 N–H and O–H groups in total. The van der Waals surface area contributed by atoms with Gasteiger partial charge in [0.2, 0.25) is 0 Å². The number of nitrogens with two attached hydrogens (primary N) is 1. The molecule has 0 spiro atoms. The average molecular weight is 475 g/mol. The Morgan fingerprint density at radius 2 is 1.61 bits per heavy atom. The van der Waals surface area contributed by atoms with Crippen molar-refractivity contribution in [3.8, 4) is 11.4 Å². The number of hydrogen-bond acceptors (Lipinski definition) is 6. The van der Waals surface area contributed by atoms with Crippen LogP contribution in [0.4, 0.5) is 10.1 Å². The van der Waals surface area contributed by atoms with Gasteiger partial charge in [-0.05, 0) is 94.8 Å². The maximum absolute atomic E-state index is 14.5. The molecule has 1 aromatic heterocycles. The summed E-state index contributed by atoms with van der Waals surface area (Å²) in [7, 11) is 0. The minimum absolute atomic E-state index is 0.218. The average Bonchev–Trinajstić information content (AvgIpc) is 2.81. The van der Waals surface area contributed by atoms with Crippen LogP contribution in [0.15, 0.2) is 41.2 Å². The number of aromatic amines is 1. The topological polar surface area (TPSA) is 108 Å².